The number of anilines is 1. The van der Waals surface area contributed by atoms with Gasteiger partial charge in [0.15, 0.2) is 5.75 Å². The van der Waals surface area contributed by atoms with Crippen LogP contribution in [0.25, 0.3) is 10.8 Å². The number of aryl methyl sites for hydroxylation is 1. The maximum Gasteiger partial charge on any atom is 0.296 e. The molecule has 37 heavy (non-hydrogen) atoms. The molecule has 3 N–H and O–H groups in total. The minimum atomic E-state index is -4.54. The number of nitrogens with zero attached hydrogens (tertiary/aromatic N) is 2. The molecule has 1 amide bonds. The van der Waals surface area contributed by atoms with Gasteiger partial charge in [-0.15, -0.1) is 5.11 Å². The average molecular weight is 560 g/mol. The normalized spacial score (nSPS) is 11.7. The van der Waals surface area contributed by atoms with Crippen LogP contribution < -0.4 is 10.1 Å². The van der Waals surface area contributed by atoms with Crippen molar-refractivity contribution in [2.75, 3.05) is 12.4 Å². The Morgan fingerprint density at radius 1 is 1.03 bits per heavy atom. The summed E-state index contributed by atoms with van der Waals surface area (Å²) in [5.74, 6) is -0.719. The first-order valence-corrected chi connectivity index (χ1v) is 12.8. The molecule has 0 atom stereocenters. The molecule has 4 rings (SSSR count). The lowest BCUT2D eigenvalue weighted by molar-refractivity contribution is 0.102. The van der Waals surface area contributed by atoms with Crippen molar-refractivity contribution < 1.29 is 27.6 Å². The van der Waals surface area contributed by atoms with E-state index in [2.05, 4.69) is 15.5 Å². The van der Waals surface area contributed by atoms with Crippen LogP contribution in [-0.2, 0) is 10.1 Å². The summed E-state index contributed by atoms with van der Waals surface area (Å²) in [4.78, 5) is 12.7. The van der Waals surface area contributed by atoms with E-state index in [9.17, 15) is 22.9 Å². The van der Waals surface area contributed by atoms with Crippen molar-refractivity contribution in [2.45, 2.75) is 11.8 Å². The topological polar surface area (TPSA) is 138 Å². The number of phenols is 1. The molecule has 0 aliphatic rings. The van der Waals surface area contributed by atoms with E-state index in [1.807, 2.05) is 0 Å². The highest BCUT2D eigenvalue weighted by Gasteiger charge is 2.21. The first kappa shape index (κ1) is 26.4. The number of carbonyl (C=O) groups excluding carboxylic acids is 1. The second kappa shape index (κ2) is 10.3. The van der Waals surface area contributed by atoms with Gasteiger partial charge in [-0.1, -0.05) is 47.5 Å². The van der Waals surface area contributed by atoms with Gasteiger partial charge in [-0.3, -0.25) is 9.35 Å². The summed E-state index contributed by atoms with van der Waals surface area (Å²) in [7, 11) is -3.10. The van der Waals surface area contributed by atoms with Crippen LogP contribution in [0.15, 0.2) is 75.8 Å². The van der Waals surface area contributed by atoms with Crippen LogP contribution in [-0.4, -0.2) is 31.1 Å². The third kappa shape index (κ3) is 5.52. The third-order valence-corrected chi connectivity index (χ3v) is 7.09. The first-order chi connectivity index (χ1) is 17.5. The zero-order valence-electron chi connectivity index (χ0n) is 19.4. The van der Waals surface area contributed by atoms with Crippen LogP contribution in [0.1, 0.15) is 15.9 Å². The van der Waals surface area contributed by atoms with Crippen LogP contribution in [0.4, 0.5) is 17.1 Å². The summed E-state index contributed by atoms with van der Waals surface area (Å²) >= 11 is 12.0. The quantitative estimate of drug-likeness (QED) is 0.170. The predicted octanol–water partition coefficient (Wildman–Crippen LogP) is 7.08. The summed E-state index contributed by atoms with van der Waals surface area (Å²) in [6, 6.07) is 15.7. The molecular weight excluding hydrogens is 541 g/mol. The van der Waals surface area contributed by atoms with Crippen LogP contribution in [0, 0.1) is 6.92 Å². The summed E-state index contributed by atoms with van der Waals surface area (Å²) in [6.07, 6.45) is 0. The highest BCUT2D eigenvalue weighted by molar-refractivity contribution is 7.86. The molecule has 0 aromatic heterocycles. The monoisotopic (exact) mass is 559 g/mol. The Morgan fingerprint density at radius 3 is 2.43 bits per heavy atom. The van der Waals surface area contributed by atoms with E-state index in [-0.39, 0.29) is 27.5 Å². The molecule has 0 bridgehead atoms. The Kier molecular flexibility index (Phi) is 7.37. The van der Waals surface area contributed by atoms with Gasteiger partial charge in [0.25, 0.3) is 16.0 Å². The molecule has 4 aromatic rings. The number of rotatable bonds is 6. The van der Waals surface area contributed by atoms with Crippen molar-refractivity contribution >= 4 is 67.1 Å². The lowest BCUT2D eigenvalue weighted by atomic mass is 10.0. The fraction of sp³-hybridized carbons (Fsp3) is 0.0800. The number of hydrogen-bond acceptors (Lipinski definition) is 7. The molecule has 12 heteroatoms. The number of nitrogens with one attached hydrogen (secondary N) is 1. The Morgan fingerprint density at radius 2 is 1.76 bits per heavy atom. The number of methoxy groups -OCH3 is 1. The minimum absolute atomic E-state index is 0.0129. The number of fused-ring (bicyclic) bond motifs is 1. The molecule has 9 nitrogen and oxygen atoms in total. The van der Waals surface area contributed by atoms with Crippen molar-refractivity contribution in [3.63, 3.8) is 0 Å². The molecule has 190 valence electrons. The number of aromatic hydroxyl groups is 1. The molecule has 4 aromatic carbocycles. The lowest BCUT2D eigenvalue weighted by Crippen LogP contribution is -2.13. The molecular formula is C25H19Cl2N3O6S. The number of ether oxygens (including phenoxy) is 1. The fourth-order valence-electron chi connectivity index (χ4n) is 3.75. The number of benzene rings is 4. The molecule has 0 fully saturated rings. The van der Waals surface area contributed by atoms with Crippen LogP contribution in [0.3, 0.4) is 0 Å². The van der Waals surface area contributed by atoms with Crippen molar-refractivity contribution in [3.05, 3.63) is 81.8 Å². The first-order valence-electron chi connectivity index (χ1n) is 10.6. The molecule has 0 heterocycles. The van der Waals surface area contributed by atoms with Gasteiger partial charge in [-0.2, -0.15) is 13.5 Å². The van der Waals surface area contributed by atoms with Crippen molar-refractivity contribution in [3.8, 4) is 11.5 Å². The number of amides is 1. The average Bonchev–Trinajstić information content (AvgIpc) is 2.82. The molecule has 0 spiro atoms. The van der Waals surface area contributed by atoms with E-state index < -0.39 is 26.7 Å². The molecule has 0 saturated carbocycles. The van der Waals surface area contributed by atoms with Gasteiger partial charge in [0.05, 0.1) is 29.1 Å². The number of azo groups is 1. The van der Waals surface area contributed by atoms with Crippen molar-refractivity contribution in [2.24, 2.45) is 10.2 Å². The zero-order chi connectivity index (χ0) is 26.9. The fourth-order valence-corrected chi connectivity index (χ4v) is 5.24. The van der Waals surface area contributed by atoms with E-state index in [0.717, 1.165) is 0 Å². The number of halogens is 2. The molecule has 0 radical (unpaired) electrons. The van der Waals surface area contributed by atoms with E-state index in [4.69, 9.17) is 27.9 Å². The summed E-state index contributed by atoms with van der Waals surface area (Å²) < 4.78 is 37.8. The Bertz CT molecular complexity index is 1670. The number of hydrogen-bond donors (Lipinski definition) is 3. The van der Waals surface area contributed by atoms with E-state index in [0.29, 0.717) is 27.2 Å². The smallest absolute Gasteiger partial charge is 0.296 e. The standard InChI is InChI=1S/C25H19Cl2N3O6S/c1-13-9-16(12-19(27)24(13)37(33,34)35)29-30-22-17-6-4-3-5-14(17)10-18(23(22)31)25(32)28-20-8-7-15(26)11-21(20)36-2/h3-12,31H,1-2H3,(H,28,32)(H,33,34,35). The summed E-state index contributed by atoms with van der Waals surface area (Å²) in [5, 5.41) is 23.3. The second-order valence-electron chi connectivity index (χ2n) is 7.89. The molecule has 0 aliphatic carbocycles. The van der Waals surface area contributed by atoms with Crippen molar-refractivity contribution in [1.29, 1.82) is 0 Å². The number of carbonyl (C=O) groups is 1. The summed E-state index contributed by atoms with van der Waals surface area (Å²) in [6.45, 7) is 1.44. The zero-order valence-corrected chi connectivity index (χ0v) is 21.7. The van der Waals surface area contributed by atoms with Gasteiger partial charge in [-0.05, 0) is 48.2 Å². The Labute approximate surface area is 222 Å². The Hall–Kier alpha value is -3.70. The third-order valence-electron chi connectivity index (χ3n) is 5.39. The highest BCUT2D eigenvalue weighted by atomic mass is 35.5. The van der Waals surface area contributed by atoms with Crippen molar-refractivity contribution in [1.82, 2.24) is 0 Å². The summed E-state index contributed by atoms with van der Waals surface area (Å²) in [5.41, 5.74) is 0.610. The maximum atomic E-state index is 13.1. The largest absolute Gasteiger partial charge is 0.505 e. The van der Waals surface area contributed by atoms with E-state index in [1.165, 1.54) is 38.3 Å². The van der Waals surface area contributed by atoms with Crippen LogP contribution >= 0.6 is 23.2 Å². The van der Waals surface area contributed by atoms with Crippen LogP contribution in [0.5, 0.6) is 11.5 Å². The maximum absolute atomic E-state index is 13.1. The van der Waals surface area contributed by atoms with Gasteiger partial charge in [0, 0.05) is 16.5 Å². The second-order valence-corrected chi connectivity index (χ2v) is 10.1. The highest BCUT2D eigenvalue weighted by Crippen LogP contribution is 2.40. The van der Waals surface area contributed by atoms with E-state index in [1.54, 1.807) is 36.4 Å². The Balaban J connectivity index is 1.78. The molecule has 0 unspecified atom stereocenters. The lowest BCUT2D eigenvalue weighted by Gasteiger charge is -2.13. The van der Waals surface area contributed by atoms with Gasteiger partial charge in [-0.25, -0.2) is 0 Å². The molecule has 0 aliphatic heterocycles. The van der Waals surface area contributed by atoms with E-state index >= 15 is 0 Å². The van der Waals surface area contributed by atoms with Gasteiger partial charge >= 0.3 is 0 Å². The number of phenolic OH excluding ortho intramolecular Hbond substituents is 1. The van der Waals surface area contributed by atoms with Gasteiger partial charge < -0.3 is 15.2 Å². The van der Waals surface area contributed by atoms with Crippen LogP contribution in [0.2, 0.25) is 10.0 Å². The predicted molar refractivity (Wildman–Crippen MR) is 142 cm³/mol. The van der Waals surface area contributed by atoms with Gasteiger partial charge in [0.1, 0.15) is 16.3 Å². The minimum Gasteiger partial charge on any atom is -0.505 e. The molecule has 0 saturated heterocycles. The van der Waals surface area contributed by atoms with Gasteiger partial charge in [0.2, 0.25) is 0 Å². The SMILES string of the molecule is COc1cc(Cl)ccc1NC(=O)c1cc2ccccc2c(N=Nc2cc(C)c(S(=O)(=O)O)c(Cl)c2)c1O.